The van der Waals surface area contributed by atoms with Gasteiger partial charge < -0.3 is 13.8 Å². The van der Waals surface area contributed by atoms with Gasteiger partial charge in [-0.1, -0.05) is 27.4 Å². The van der Waals surface area contributed by atoms with Crippen LogP contribution in [-0.2, 0) is 23.1 Å². The maximum atomic E-state index is 12.7. The van der Waals surface area contributed by atoms with E-state index in [1.807, 2.05) is 0 Å². The van der Waals surface area contributed by atoms with Crippen LogP contribution >= 0.6 is 7.60 Å². The van der Waals surface area contributed by atoms with Crippen molar-refractivity contribution in [2.75, 3.05) is 13.2 Å². The zero-order chi connectivity index (χ0) is 17.5. The lowest BCUT2D eigenvalue weighted by molar-refractivity contribution is -0.151. The lowest BCUT2D eigenvalue weighted by Gasteiger charge is -2.38. The average molecular weight is 344 g/mol. The molecule has 0 unspecified atom stereocenters. The molecule has 2 rings (SSSR count). The Bertz CT molecular complexity index is 531. The minimum absolute atomic E-state index is 0.0468. The normalized spacial score (nSPS) is 32.0. The highest BCUT2D eigenvalue weighted by atomic mass is 31.2. The van der Waals surface area contributed by atoms with Gasteiger partial charge in [0.25, 0.3) is 0 Å². The minimum Gasteiger partial charge on any atom is -0.458 e. The Labute approximate surface area is 139 Å². The van der Waals surface area contributed by atoms with Gasteiger partial charge in [-0.25, -0.2) is 4.79 Å². The molecule has 6 heteroatoms. The fourth-order valence-electron chi connectivity index (χ4n) is 4.15. The van der Waals surface area contributed by atoms with Crippen molar-refractivity contribution in [3.05, 3.63) is 11.9 Å². The molecule has 0 amide bonds. The molecule has 2 saturated carbocycles. The Hall–Kier alpha value is -0.640. The summed E-state index contributed by atoms with van der Waals surface area (Å²) in [7, 11) is -3.66. The molecule has 2 aliphatic rings. The van der Waals surface area contributed by atoms with E-state index in [0.717, 1.165) is 12.8 Å². The summed E-state index contributed by atoms with van der Waals surface area (Å²) in [5.41, 5.74) is 0.0949. The number of ether oxygens (including phenoxy) is 1. The molecule has 2 aliphatic carbocycles. The van der Waals surface area contributed by atoms with Gasteiger partial charge in [0.2, 0.25) is 0 Å². The highest BCUT2D eigenvalue weighted by Crippen LogP contribution is 2.66. The number of carbonyl (C=O) groups is 1. The van der Waals surface area contributed by atoms with Crippen molar-refractivity contribution in [3.8, 4) is 0 Å². The van der Waals surface area contributed by atoms with Crippen LogP contribution in [0.2, 0.25) is 0 Å². The van der Waals surface area contributed by atoms with E-state index in [2.05, 4.69) is 27.4 Å². The number of hydrogen-bond donors (Lipinski definition) is 0. The summed E-state index contributed by atoms with van der Waals surface area (Å²) in [5, 5.41) is -0.203. The number of carbonyl (C=O) groups excluding carboxylic acids is 1. The maximum Gasteiger partial charge on any atom is 0.368 e. The molecule has 0 saturated heterocycles. The second-order valence-corrected chi connectivity index (χ2v) is 9.34. The predicted molar refractivity (Wildman–Crippen MR) is 89.1 cm³/mol. The Balaban J connectivity index is 2.11. The second-order valence-electron chi connectivity index (χ2n) is 7.28. The fraction of sp³-hybridized carbons (Fsp3) is 0.824. The molecule has 2 fully saturated rings. The molecule has 2 bridgehead atoms. The van der Waals surface area contributed by atoms with Crippen LogP contribution in [0.4, 0.5) is 0 Å². The SMILES string of the molecule is C=C(C(=O)O[C@@H]1C[C@@H]2CC[C@@]1(C)C2(C)C)P(=O)(OCC)OCC. The van der Waals surface area contributed by atoms with Gasteiger partial charge in [0.05, 0.1) is 13.2 Å². The van der Waals surface area contributed by atoms with Gasteiger partial charge in [0.15, 0.2) is 0 Å². The maximum absolute atomic E-state index is 12.7. The first-order valence-electron chi connectivity index (χ1n) is 8.42. The summed E-state index contributed by atoms with van der Waals surface area (Å²) < 4.78 is 28.7. The van der Waals surface area contributed by atoms with E-state index < -0.39 is 13.6 Å². The predicted octanol–water partition coefficient (Wildman–Crippen LogP) is 4.52. The lowest BCUT2D eigenvalue weighted by Crippen LogP contribution is -2.38. The number of esters is 1. The first-order chi connectivity index (χ1) is 10.6. The summed E-state index contributed by atoms with van der Waals surface area (Å²) in [6.07, 6.45) is 2.91. The summed E-state index contributed by atoms with van der Waals surface area (Å²) in [6.45, 7) is 14.1. The zero-order valence-corrected chi connectivity index (χ0v) is 15.8. The molecule has 0 aromatic rings. The van der Waals surface area contributed by atoms with Crippen molar-refractivity contribution in [1.29, 1.82) is 0 Å². The molecule has 3 atom stereocenters. The van der Waals surface area contributed by atoms with Gasteiger partial charge >= 0.3 is 13.6 Å². The van der Waals surface area contributed by atoms with E-state index in [0.29, 0.717) is 5.92 Å². The van der Waals surface area contributed by atoms with E-state index in [1.54, 1.807) is 13.8 Å². The largest absolute Gasteiger partial charge is 0.458 e. The Morgan fingerprint density at radius 1 is 1.22 bits per heavy atom. The average Bonchev–Trinajstić information content (AvgIpc) is 2.80. The highest BCUT2D eigenvalue weighted by molar-refractivity contribution is 7.59. The van der Waals surface area contributed by atoms with E-state index in [9.17, 15) is 9.36 Å². The van der Waals surface area contributed by atoms with E-state index >= 15 is 0 Å². The third-order valence-electron chi connectivity index (χ3n) is 6.13. The quantitative estimate of drug-likeness (QED) is 0.386. The molecule has 0 radical (unpaired) electrons. The minimum atomic E-state index is -3.66. The highest BCUT2D eigenvalue weighted by Gasteiger charge is 2.63. The summed E-state index contributed by atoms with van der Waals surface area (Å²) in [5.74, 6) is -0.103. The van der Waals surface area contributed by atoms with Gasteiger partial charge in [-0.2, -0.15) is 0 Å². The zero-order valence-electron chi connectivity index (χ0n) is 14.9. The lowest BCUT2D eigenvalue weighted by atomic mass is 9.70. The van der Waals surface area contributed by atoms with E-state index in [1.165, 1.54) is 6.42 Å². The van der Waals surface area contributed by atoms with Crippen LogP contribution in [0.5, 0.6) is 0 Å². The Kier molecular flexibility index (Phi) is 5.16. The van der Waals surface area contributed by atoms with E-state index in [4.69, 9.17) is 13.8 Å². The van der Waals surface area contributed by atoms with Crippen molar-refractivity contribution in [3.63, 3.8) is 0 Å². The third kappa shape index (κ3) is 2.92. The van der Waals surface area contributed by atoms with Crippen LogP contribution in [0, 0.1) is 16.7 Å². The van der Waals surface area contributed by atoms with Crippen molar-refractivity contribution in [1.82, 2.24) is 0 Å². The van der Waals surface area contributed by atoms with Gasteiger partial charge in [-0.05, 0) is 44.4 Å². The molecule has 0 aliphatic heterocycles. The Morgan fingerprint density at radius 2 is 1.78 bits per heavy atom. The van der Waals surface area contributed by atoms with Crippen molar-refractivity contribution in [2.24, 2.45) is 16.7 Å². The summed E-state index contributed by atoms with van der Waals surface area (Å²) >= 11 is 0. The molecule has 0 aromatic heterocycles. The van der Waals surface area contributed by atoms with Gasteiger partial charge in [0, 0.05) is 5.41 Å². The van der Waals surface area contributed by atoms with Crippen molar-refractivity contribution in [2.45, 2.75) is 60.0 Å². The molecular weight excluding hydrogens is 315 g/mol. The number of hydrogen-bond acceptors (Lipinski definition) is 5. The van der Waals surface area contributed by atoms with Crippen LogP contribution in [-0.4, -0.2) is 25.3 Å². The van der Waals surface area contributed by atoms with Crippen molar-refractivity contribution < 1.29 is 23.1 Å². The smallest absolute Gasteiger partial charge is 0.368 e. The van der Waals surface area contributed by atoms with E-state index in [-0.39, 0.29) is 35.5 Å². The van der Waals surface area contributed by atoms with Gasteiger partial charge in [-0.3, -0.25) is 4.57 Å². The molecule has 23 heavy (non-hydrogen) atoms. The number of rotatable bonds is 7. The standard InChI is InChI=1S/C17H29O5P/c1-7-20-23(19,21-8-2)12(3)15(18)22-14-11-13-9-10-17(14,6)16(13,4)5/h13-14H,3,7-11H2,1-2,4-6H3/t13-,14+,17+/m0/s1. The molecule has 132 valence electrons. The molecule has 5 nitrogen and oxygen atoms in total. The first-order valence-corrected chi connectivity index (χ1v) is 9.96. The van der Waals surface area contributed by atoms with Crippen LogP contribution in [0.3, 0.4) is 0 Å². The number of fused-ring (bicyclic) bond motifs is 2. The Morgan fingerprint density at radius 3 is 2.17 bits per heavy atom. The molecular formula is C17H29O5P. The van der Waals surface area contributed by atoms with Gasteiger partial charge in [-0.15, -0.1) is 0 Å². The van der Waals surface area contributed by atoms with Gasteiger partial charge in [0.1, 0.15) is 11.4 Å². The molecule has 0 aromatic carbocycles. The second kappa shape index (κ2) is 6.34. The summed E-state index contributed by atoms with van der Waals surface area (Å²) in [4.78, 5) is 12.5. The molecule has 0 spiro atoms. The first kappa shape index (κ1) is 18.7. The molecule has 0 heterocycles. The fourth-order valence-corrected chi connectivity index (χ4v) is 5.49. The van der Waals surface area contributed by atoms with Crippen LogP contribution < -0.4 is 0 Å². The van der Waals surface area contributed by atoms with Crippen LogP contribution in [0.25, 0.3) is 0 Å². The summed E-state index contributed by atoms with van der Waals surface area (Å²) in [6, 6.07) is 0. The molecule has 0 N–H and O–H groups in total. The topological polar surface area (TPSA) is 61.8 Å². The monoisotopic (exact) mass is 344 g/mol. The van der Waals surface area contributed by atoms with Crippen molar-refractivity contribution >= 4 is 13.6 Å². The van der Waals surface area contributed by atoms with Crippen LogP contribution in [0.1, 0.15) is 53.9 Å². The third-order valence-corrected chi connectivity index (χ3v) is 8.17. The van der Waals surface area contributed by atoms with Crippen LogP contribution in [0.15, 0.2) is 11.9 Å².